The Labute approximate surface area is 123 Å². The summed E-state index contributed by atoms with van der Waals surface area (Å²) in [6.45, 7) is 3.65. The van der Waals surface area contributed by atoms with Crippen molar-refractivity contribution in [3.63, 3.8) is 0 Å². The van der Waals surface area contributed by atoms with Crippen molar-refractivity contribution in [1.82, 2.24) is 25.3 Å². The van der Waals surface area contributed by atoms with E-state index in [1.54, 1.807) is 6.20 Å². The number of rotatable bonds is 6. The third-order valence-corrected chi connectivity index (χ3v) is 4.03. The number of amides is 1. The van der Waals surface area contributed by atoms with Gasteiger partial charge in [0.05, 0.1) is 0 Å². The standard InChI is InChI=1S/C15H21N5O/c1-2-3-4-5-12-8-14(19-17-12)15(21)20-9-11(10-20)13-6-7-16-18-13/h6-8,11H,2-5,9-10H2,1H3,(H,16,18)(H,17,19). The molecule has 3 rings (SSSR count). The van der Waals surface area contributed by atoms with Crippen molar-refractivity contribution in [1.29, 1.82) is 0 Å². The molecule has 0 bridgehead atoms. The lowest BCUT2D eigenvalue weighted by molar-refractivity contribution is 0.0592. The average molecular weight is 287 g/mol. The van der Waals surface area contributed by atoms with Gasteiger partial charge in [-0.2, -0.15) is 10.2 Å². The van der Waals surface area contributed by atoms with Crippen molar-refractivity contribution in [2.45, 2.75) is 38.5 Å². The highest BCUT2D eigenvalue weighted by atomic mass is 16.2. The van der Waals surface area contributed by atoms with Gasteiger partial charge in [-0.1, -0.05) is 19.8 Å². The Hall–Kier alpha value is -2.11. The Morgan fingerprint density at radius 2 is 2.24 bits per heavy atom. The molecule has 0 aromatic carbocycles. The summed E-state index contributed by atoms with van der Waals surface area (Å²) in [6, 6.07) is 3.86. The molecular weight excluding hydrogens is 266 g/mol. The Morgan fingerprint density at radius 3 is 2.95 bits per heavy atom. The fraction of sp³-hybridized carbons (Fsp3) is 0.533. The predicted molar refractivity (Wildman–Crippen MR) is 79.0 cm³/mol. The number of carbonyl (C=O) groups excluding carboxylic acids is 1. The Kier molecular flexibility index (Phi) is 4.03. The van der Waals surface area contributed by atoms with E-state index in [-0.39, 0.29) is 5.91 Å². The highest BCUT2D eigenvalue weighted by Gasteiger charge is 2.33. The molecule has 2 N–H and O–H groups in total. The molecule has 1 fully saturated rings. The summed E-state index contributed by atoms with van der Waals surface area (Å²) in [5, 5.41) is 14.0. The minimum Gasteiger partial charge on any atom is -0.336 e. The number of aromatic nitrogens is 4. The average Bonchev–Trinajstić information content (AvgIpc) is 3.08. The van der Waals surface area contributed by atoms with Gasteiger partial charge in [-0.05, 0) is 25.0 Å². The Balaban J connectivity index is 1.52. The summed E-state index contributed by atoms with van der Waals surface area (Å²) in [7, 11) is 0. The van der Waals surface area contributed by atoms with E-state index in [1.807, 2.05) is 17.0 Å². The summed E-state index contributed by atoms with van der Waals surface area (Å²) in [6.07, 6.45) is 6.25. The molecule has 1 amide bonds. The molecule has 0 atom stereocenters. The number of aromatic amines is 2. The van der Waals surface area contributed by atoms with E-state index in [4.69, 9.17) is 0 Å². The van der Waals surface area contributed by atoms with Crippen LogP contribution in [0.4, 0.5) is 0 Å². The van der Waals surface area contributed by atoms with Crippen molar-refractivity contribution >= 4 is 5.91 Å². The van der Waals surface area contributed by atoms with Crippen LogP contribution in [-0.4, -0.2) is 44.3 Å². The van der Waals surface area contributed by atoms with Crippen LogP contribution >= 0.6 is 0 Å². The largest absolute Gasteiger partial charge is 0.336 e. The zero-order valence-corrected chi connectivity index (χ0v) is 12.3. The second-order valence-electron chi connectivity index (χ2n) is 5.65. The van der Waals surface area contributed by atoms with Gasteiger partial charge in [0.15, 0.2) is 0 Å². The second-order valence-corrected chi connectivity index (χ2v) is 5.65. The fourth-order valence-corrected chi connectivity index (χ4v) is 2.66. The molecule has 0 aliphatic carbocycles. The maximum atomic E-state index is 12.3. The first-order valence-electron chi connectivity index (χ1n) is 7.60. The van der Waals surface area contributed by atoms with E-state index in [0.29, 0.717) is 11.6 Å². The molecule has 0 unspecified atom stereocenters. The van der Waals surface area contributed by atoms with Crippen molar-refractivity contribution < 1.29 is 4.79 Å². The Bertz CT molecular complexity index is 583. The zero-order chi connectivity index (χ0) is 14.7. The van der Waals surface area contributed by atoms with Gasteiger partial charge in [-0.25, -0.2) is 0 Å². The van der Waals surface area contributed by atoms with Crippen LogP contribution in [0.2, 0.25) is 0 Å². The maximum Gasteiger partial charge on any atom is 0.274 e. The molecule has 112 valence electrons. The van der Waals surface area contributed by atoms with Crippen molar-refractivity contribution in [3.8, 4) is 0 Å². The van der Waals surface area contributed by atoms with Crippen molar-refractivity contribution in [3.05, 3.63) is 35.4 Å². The SMILES string of the molecule is CCCCCc1cc(C(=O)N2CC(c3ccn[nH]3)C2)n[nH]1. The lowest BCUT2D eigenvalue weighted by Crippen LogP contribution is -2.48. The molecule has 0 spiro atoms. The van der Waals surface area contributed by atoms with Gasteiger partial charge >= 0.3 is 0 Å². The van der Waals surface area contributed by atoms with Gasteiger partial charge in [0.2, 0.25) is 0 Å². The van der Waals surface area contributed by atoms with Crippen LogP contribution in [0.1, 0.15) is 54.0 Å². The van der Waals surface area contributed by atoms with E-state index in [2.05, 4.69) is 27.3 Å². The summed E-state index contributed by atoms with van der Waals surface area (Å²) in [5.74, 6) is 0.392. The quantitative estimate of drug-likeness (QED) is 0.799. The first-order chi connectivity index (χ1) is 10.3. The third-order valence-electron chi connectivity index (χ3n) is 4.03. The number of unbranched alkanes of at least 4 members (excludes halogenated alkanes) is 2. The minimum absolute atomic E-state index is 0.0174. The number of hydrogen-bond acceptors (Lipinski definition) is 3. The lowest BCUT2D eigenvalue weighted by Gasteiger charge is -2.38. The molecule has 6 nitrogen and oxygen atoms in total. The molecule has 2 aromatic heterocycles. The van der Waals surface area contributed by atoms with Gasteiger partial charge in [0, 0.05) is 36.6 Å². The van der Waals surface area contributed by atoms with Crippen LogP contribution < -0.4 is 0 Å². The molecule has 0 saturated carbocycles. The number of hydrogen-bond donors (Lipinski definition) is 2. The topological polar surface area (TPSA) is 77.7 Å². The van der Waals surface area contributed by atoms with Crippen molar-refractivity contribution in [2.24, 2.45) is 0 Å². The number of H-pyrrole nitrogens is 2. The molecule has 1 aliphatic heterocycles. The van der Waals surface area contributed by atoms with Crippen LogP contribution in [0.5, 0.6) is 0 Å². The van der Waals surface area contributed by atoms with Gasteiger partial charge in [0.1, 0.15) is 5.69 Å². The summed E-state index contributed by atoms with van der Waals surface area (Å²) in [5.41, 5.74) is 2.68. The first kappa shape index (κ1) is 13.9. The molecule has 3 heterocycles. The van der Waals surface area contributed by atoms with Crippen LogP contribution in [0.15, 0.2) is 18.3 Å². The van der Waals surface area contributed by atoms with Crippen LogP contribution in [0, 0.1) is 0 Å². The molecule has 2 aromatic rings. The maximum absolute atomic E-state index is 12.3. The number of nitrogens with one attached hydrogen (secondary N) is 2. The van der Waals surface area contributed by atoms with Gasteiger partial charge in [-0.15, -0.1) is 0 Å². The van der Waals surface area contributed by atoms with Crippen molar-refractivity contribution in [2.75, 3.05) is 13.1 Å². The molecule has 21 heavy (non-hydrogen) atoms. The normalized spacial score (nSPS) is 15.2. The predicted octanol–water partition coefficient (Wildman–Crippen LogP) is 2.11. The van der Waals surface area contributed by atoms with E-state index >= 15 is 0 Å². The Morgan fingerprint density at radius 1 is 1.38 bits per heavy atom. The van der Waals surface area contributed by atoms with E-state index in [9.17, 15) is 4.79 Å². The lowest BCUT2D eigenvalue weighted by atomic mass is 9.96. The highest BCUT2D eigenvalue weighted by molar-refractivity contribution is 5.93. The van der Waals surface area contributed by atoms with Crippen LogP contribution in [0.3, 0.4) is 0 Å². The minimum atomic E-state index is 0.0174. The van der Waals surface area contributed by atoms with Crippen LogP contribution in [0.25, 0.3) is 0 Å². The fourth-order valence-electron chi connectivity index (χ4n) is 2.66. The highest BCUT2D eigenvalue weighted by Crippen LogP contribution is 2.26. The second kappa shape index (κ2) is 6.11. The van der Waals surface area contributed by atoms with Gasteiger partial charge in [-0.3, -0.25) is 15.0 Å². The molecule has 1 aliphatic rings. The number of carbonyl (C=O) groups is 1. The zero-order valence-electron chi connectivity index (χ0n) is 12.3. The number of aryl methyl sites for hydroxylation is 1. The van der Waals surface area contributed by atoms with E-state index in [0.717, 1.165) is 37.3 Å². The monoisotopic (exact) mass is 287 g/mol. The number of nitrogens with zero attached hydrogens (tertiary/aromatic N) is 3. The molecule has 0 radical (unpaired) electrons. The van der Waals surface area contributed by atoms with Gasteiger partial charge < -0.3 is 4.90 Å². The van der Waals surface area contributed by atoms with Crippen LogP contribution in [-0.2, 0) is 6.42 Å². The van der Waals surface area contributed by atoms with E-state index in [1.165, 1.54) is 12.8 Å². The third kappa shape index (κ3) is 2.99. The molecule has 6 heteroatoms. The smallest absolute Gasteiger partial charge is 0.274 e. The first-order valence-corrected chi connectivity index (χ1v) is 7.60. The molecule has 1 saturated heterocycles. The summed E-state index contributed by atoms with van der Waals surface area (Å²) < 4.78 is 0. The molecular formula is C15H21N5O. The summed E-state index contributed by atoms with van der Waals surface area (Å²) in [4.78, 5) is 14.1. The number of likely N-dealkylation sites (tertiary alicyclic amines) is 1. The van der Waals surface area contributed by atoms with E-state index < -0.39 is 0 Å². The summed E-state index contributed by atoms with van der Waals surface area (Å²) >= 11 is 0. The van der Waals surface area contributed by atoms with Gasteiger partial charge in [0.25, 0.3) is 5.91 Å².